The number of amides is 1. The van der Waals surface area contributed by atoms with Crippen LogP contribution in [0.3, 0.4) is 0 Å². The molecule has 1 heterocycles. The number of carbonyl (C=O) groups is 1. The summed E-state index contributed by atoms with van der Waals surface area (Å²) in [4.78, 5) is 16.7. The van der Waals surface area contributed by atoms with Gasteiger partial charge in [0.05, 0.1) is 18.4 Å². The molecule has 0 saturated heterocycles. The Hall–Kier alpha value is -3.14. The molecule has 0 spiro atoms. The quantitative estimate of drug-likeness (QED) is 0.768. The molecule has 1 aromatic heterocycles. The van der Waals surface area contributed by atoms with Crippen molar-refractivity contribution in [3.05, 3.63) is 83.6 Å². The molecule has 0 unspecified atom stereocenters. The van der Waals surface area contributed by atoms with E-state index in [1.165, 1.54) is 0 Å². The Labute approximate surface area is 147 Å². The topological polar surface area (TPSA) is 51.2 Å². The first-order valence-electron chi connectivity index (χ1n) is 8.10. The summed E-state index contributed by atoms with van der Waals surface area (Å²) in [5.41, 5.74) is 4.56. The molecule has 1 amide bonds. The van der Waals surface area contributed by atoms with Crippen LogP contribution in [0, 0.1) is 6.92 Å². The van der Waals surface area contributed by atoms with E-state index < -0.39 is 0 Å². The van der Waals surface area contributed by atoms with Gasteiger partial charge in [-0.2, -0.15) is 0 Å². The molecule has 126 valence electrons. The number of ether oxygens (including phenoxy) is 1. The fourth-order valence-electron chi connectivity index (χ4n) is 2.57. The molecule has 0 fully saturated rings. The number of nitrogens with zero attached hydrogens (tertiary/aromatic N) is 1. The van der Waals surface area contributed by atoms with Crippen LogP contribution in [-0.2, 0) is 6.54 Å². The van der Waals surface area contributed by atoms with Crippen molar-refractivity contribution in [1.82, 2.24) is 10.3 Å². The summed E-state index contributed by atoms with van der Waals surface area (Å²) in [5.74, 6) is 0.646. The SMILES string of the molecule is COc1cccc(-c2ccc(C(=O)NCc3ccccc3C)cn2)c1. The smallest absolute Gasteiger partial charge is 0.253 e. The first-order chi connectivity index (χ1) is 12.2. The van der Waals surface area contributed by atoms with Crippen molar-refractivity contribution in [2.75, 3.05) is 7.11 Å². The average Bonchev–Trinajstić information content (AvgIpc) is 2.67. The van der Waals surface area contributed by atoms with Gasteiger partial charge < -0.3 is 10.1 Å². The predicted octanol–water partition coefficient (Wildman–Crippen LogP) is 4.00. The van der Waals surface area contributed by atoms with Gasteiger partial charge in [-0.05, 0) is 42.3 Å². The molecule has 3 aromatic rings. The van der Waals surface area contributed by atoms with Crippen molar-refractivity contribution in [3.63, 3.8) is 0 Å². The van der Waals surface area contributed by atoms with Crippen molar-refractivity contribution < 1.29 is 9.53 Å². The van der Waals surface area contributed by atoms with Gasteiger partial charge in [0.1, 0.15) is 5.75 Å². The molecule has 4 heteroatoms. The average molecular weight is 332 g/mol. The molecular weight excluding hydrogens is 312 g/mol. The highest BCUT2D eigenvalue weighted by Gasteiger charge is 2.08. The number of nitrogens with one attached hydrogen (secondary N) is 1. The van der Waals surface area contributed by atoms with Gasteiger partial charge in [0, 0.05) is 18.3 Å². The minimum Gasteiger partial charge on any atom is -0.497 e. The Morgan fingerprint density at radius 2 is 1.92 bits per heavy atom. The number of methoxy groups -OCH3 is 1. The summed E-state index contributed by atoms with van der Waals surface area (Å²) in [5, 5.41) is 2.93. The zero-order valence-corrected chi connectivity index (χ0v) is 14.3. The number of benzene rings is 2. The van der Waals surface area contributed by atoms with E-state index in [1.54, 1.807) is 19.4 Å². The van der Waals surface area contributed by atoms with Crippen molar-refractivity contribution in [1.29, 1.82) is 0 Å². The number of carbonyl (C=O) groups excluding carboxylic acids is 1. The van der Waals surface area contributed by atoms with E-state index in [9.17, 15) is 4.79 Å². The third-order valence-corrected chi connectivity index (χ3v) is 4.09. The second-order valence-corrected chi connectivity index (χ2v) is 5.77. The lowest BCUT2D eigenvalue weighted by Gasteiger charge is -2.08. The van der Waals surface area contributed by atoms with Gasteiger partial charge in [0.2, 0.25) is 0 Å². The van der Waals surface area contributed by atoms with Crippen LogP contribution in [0.25, 0.3) is 11.3 Å². The maximum Gasteiger partial charge on any atom is 0.253 e. The summed E-state index contributed by atoms with van der Waals surface area (Å²) in [6.07, 6.45) is 1.60. The molecule has 2 aromatic carbocycles. The first kappa shape index (κ1) is 16.7. The normalized spacial score (nSPS) is 10.3. The standard InChI is InChI=1S/C21H20N2O2/c1-15-6-3-4-7-17(15)13-23-21(24)18-10-11-20(22-14-18)16-8-5-9-19(12-16)25-2/h3-12,14H,13H2,1-2H3,(H,23,24). The Morgan fingerprint density at radius 1 is 1.08 bits per heavy atom. The minimum absolute atomic E-state index is 0.132. The van der Waals surface area contributed by atoms with Crippen LogP contribution in [0.4, 0.5) is 0 Å². The number of rotatable bonds is 5. The van der Waals surface area contributed by atoms with Crippen LogP contribution in [0.2, 0.25) is 0 Å². The Morgan fingerprint density at radius 3 is 2.64 bits per heavy atom. The molecule has 25 heavy (non-hydrogen) atoms. The molecule has 1 N–H and O–H groups in total. The van der Waals surface area contributed by atoms with Crippen molar-refractivity contribution >= 4 is 5.91 Å². The molecule has 4 nitrogen and oxygen atoms in total. The summed E-state index contributed by atoms with van der Waals surface area (Å²) in [7, 11) is 1.63. The molecule has 0 aliphatic heterocycles. The van der Waals surface area contributed by atoms with Crippen molar-refractivity contribution in [2.24, 2.45) is 0 Å². The van der Waals surface area contributed by atoms with E-state index in [-0.39, 0.29) is 5.91 Å². The van der Waals surface area contributed by atoms with E-state index in [2.05, 4.69) is 10.3 Å². The number of hydrogen-bond donors (Lipinski definition) is 1. The number of pyridine rings is 1. The van der Waals surface area contributed by atoms with E-state index in [0.29, 0.717) is 12.1 Å². The van der Waals surface area contributed by atoms with Crippen molar-refractivity contribution in [2.45, 2.75) is 13.5 Å². The lowest BCUT2D eigenvalue weighted by atomic mass is 10.1. The van der Waals surface area contributed by atoms with E-state index in [4.69, 9.17) is 4.74 Å². The Kier molecular flexibility index (Phi) is 5.09. The highest BCUT2D eigenvalue weighted by atomic mass is 16.5. The van der Waals surface area contributed by atoms with Gasteiger partial charge in [-0.25, -0.2) is 0 Å². The van der Waals surface area contributed by atoms with Crippen LogP contribution < -0.4 is 10.1 Å². The van der Waals surface area contributed by atoms with Crippen LogP contribution in [0.1, 0.15) is 21.5 Å². The van der Waals surface area contributed by atoms with Crippen LogP contribution in [-0.4, -0.2) is 18.0 Å². The summed E-state index contributed by atoms with van der Waals surface area (Å²) in [6.45, 7) is 2.54. The molecule has 0 bridgehead atoms. The van der Waals surface area contributed by atoms with Crippen LogP contribution in [0.5, 0.6) is 5.75 Å². The largest absolute Gasteiger partial charge is 0.497 e. The second kappa shape index (κ2) is 7.62. The molecule has 0 aliphatic rings. The van der Waals surface area contributed by atoms with Crippen LogP contribution in [0.15, 0.2) is 66.9 Å². The monoisotopic (exact) mass is 332 g/mol. The number of hydrogen-bond acceptors (Lipinski definition) is 3. The van der Waals surface area contributed by atoms with Crippen LogP contribution >= 0.6 is 0 Å². The van der Waals surface area contributed by atoms with E-state index >= 15 is 0 Å². The summed E-state index contributed by atoms with van der Waals surface area (Å²) >= 11 is 0. The second-order valence-electron chi connectivity index (χ2n) is 5.77. The maximum absolute atomic E-state index is 12.3. The lowest BCUT2D eigenvalue weighted by molar-refractivity contribution is 0.0950. The summed E-state index contributed by atoms with van der Waals surface area (Å²) < 4.78 is 5.23. The summed E-state index contributed by atoms with van der Waals surface area (Å²) in [6, 6.07) is 19.3. The zero-order valence-electron chi connectivity index (χ0n) is 14.3. The first-order valence-corrected chi connectivity index (χ1v) is 8.10. The zero-order chi connectivity index (χ0) is 17.6. The van der Waals surface area contributed by atoms with E-state index in [1.807, 2.05) is 61.5 Å². The van der Waals surface area contributed by atoms with Gasteiger partial charge in [-0.1, -0.05) is 36.4 Å². The third kappa shape index (κ3) is 4.04. The fourth-order valence-corrected chi connectivity index (χ4v) is 2.57. The highest BCUT2D eigenvalue weighted by Crippen LogP contribution is 2.22. The van der Waals surface area contributed by atoms with E-state index in [0.717, 1.165) is 28.1 Å². The number of aromatic nitrogens is 1. The van der Waals surface area contributed by atoms with Gasteiger partial charge in [-0.15, -0.1) is 0 Å². The molecule has 0 aliphatic carbocycles. The Bertz CT molecular complexity index is 873. The third-order valence-electron chi connectivity index (χ3n) is 4.09. The molecule has 3 rings (SSSR count). The molecule has 0 saturated carbocycles. The highest BCUT2D eigenvalue weighted by molar-refractivity contribution is 5.94. The van der Waals surface area contributed by atoms with Gasteiger partial charge >= 0.3 is 0 Å². The maximum atomic E-state index is 12.3. The lowest BCUT2D eigenvalue weighted by Crippen LogP contribution is -2.23. The molecular formula is C21H20N2O2. The number of aryl methyl sites for hydroxylation is 1. The predicted molar refractivity (Wildman–Crippen MR) is 98.6 cm³/mol. The fraction of sp³-hybridized carbons (Fsp3) is 0.143. The molecule has 0 atom stereocenters. The molecule has 0 radical (unpaired) electrons. The Balaban J connectivity index is 1.69. The van der Waals surface area contributed by atoms with Gasteiger partial charge in [0.25, 0.3) is 5.91 Å². The van der Waals surface area contributed by atoms with Gasteiger partial charge in [-0.3, -0.25) is 9.78 Å². The minimum atomic E-state index is -0.132. The van der Waals surface area contributed by atoms with Gasteiger partial charge in [0.15, 0.2) is 0 Å². The van der Waals surface area contributed by atoms with Crippen molar-refractivity contribution in [3.8, 4) is 17.0 Å².